The maximum atomic E-state index is 3.46. The number of piperazine rings is 1. The first-order chi connectivity index (χ1) is 4.33. The highest BCUT2D eigenvalue weighted by Crippen LogP contribution is 1.95. The Hall–Kier alpha value is -0.0800. The van der Waals surface area contributed by atoms with Crippen LogP contribution in [0.25, 0.3) is 0 Å². The highest BCUT2D eigenvalue weighted by Gasteiger charge is 2.13. The Bertz CT molecular complexity index is 75.0. The first-order valence-electron chi connectivity index (χ1n) is 3.79. The first kappa shape index (κ1) is 7.03. The summed E-state index contributed by atoms with van der Waals surface area (Å²) in [6.07, 6.45) is 1.24. The molecule has 0 saturated carbocycles. The number of rotatable bonds is 1. The molecule has 0 spiro atoms. The SMILES string of the molecule is CC[C@H]1CN[C@H](C)CN1. The third-order valence-electron chi connectivity index (χ3n) is 1.92. The molecule has 1 rings (SSSR count). The van der Waals surface area contributed by atoms with E-state index in [9.17, 15) is 0 Å². The fourth-order valence-electron chi connectivity index (χ4n) is 1.12. The Morgan fingerprint density at radius 3 is 2.56 bits per heavy atom. The summed E-state index contributed by atoms with van der Waals surface area (Å²) in [6, 6.07) is 1.37. The summed E-state index contributed by atoms with van der Waals surface area (Å²) in [5.41, 5.74) is 0. The Labute approximate surface area is 57.0 Å². The molecule has 0 amide bonds. The summed E-state index contributed by atoms with van der Waals surface area (Å²) in [6.45, 7) is 6.68. The maximum absolute atomic E-state index is 3.46. The predicted molar refractivity (Wildman–Crippen MR) is 39.5 cm³/mol. The predicted octanol–water partition coefficient (Wildman–Crippen LogP) is 0.346. The molecule has 0 aromatic rings. The van der Waals surface area contributed by atoms with Gasteiger partial charge in [0.2, 0.25) is 0 Å². The molecule has 1 aliphatic heterocycles. The summed E-state index contributed by atoms with van der Waals surface area (Å²) in [4.78, 5) is 0. The minimum absolute atomic E-state index is 0.660. The van der Waals surface area contributed by atoms with Crippen molar-refractivity contribution in [2.45, 2.75) is 32.4 Å². The van der Waals surface area contributed by atoms with Crippen molar-refractivity contribution in [3.63, 3.8) is 0 Å². The van der Waals surface area contributed by atoms with Gasteiger partial charge in [-0.3, -0.25) is 0 Å². The molecular weight excluding hydrogens is 112 g/mol. The fourth-order valence-corrected chi connectivity index (χ4v) is 1.12. The van der Waals surface area contributed by atoms with Gasteiger partial charge >= 0.3 is 0 Å². The van der Waals surface area contributed by atoms with E-state index in [1.165, 1.54) is 6.42 Å². The van der Waals surface area contributed by atoms with E-state index >= 15 is 0 Å². The zero-order valence-electron chi connectivity index (χ0n) is 6.28. The Morgan fingerprint density at radius 2 is 2.11 bits per heavy atom. The summed E-state index contributed by atoms with van der Waals surface area (Å²) in [5, 5.41) is 6.88. The fraction of sp³-hybridized carbons (Fsp3) is 1.00. The smallest absolute Gasteiger partial charge is 0.0190 e. The summed E-state index contributed by atoms with van der Waals surface area (Å²) >= 11 is 0. The van der Waals surface area contributed by atoms with Crippen LogP contribution in [0.2, 0.25) is 0 Å². The summed E-state index contributed by atoms with van der Waals surface area (Å²) in [5.74, 6) is 0. The van der Waals surface area contributed by atoms with Crippen molar-refractivity contribution in [1.29, 1.82) is 0 Å². The molecule has 2 N–H and O–H groups in total. The standard InChI is InChI=1S/C7H16N2/c1-3-7-5-8-6(2)4-9-7/h6-9H,3-5H2,1-2H3/t6-,7+/m1/s1. The van der Waals surface area contributed by atoms with Crippen molar-refractivity contribution in [3.8, 4) is 0 Å². The van der Waals surface area contributed by atoms with Crippen molar-refractivity contribution in [2.75, 3.05) is 13.1 Å². The highest BCUT2D eigenvalue weighted by atomic mass is 15.1. The van der Waals surface area contributed by atoms with Gasteiger partial charge in [0.1, 0.15) is 0 Å². The Morgan fingerprint density at radius 1 is 1.33 bits per heavy atom. The lowest BCUT2D eigenvalue weighted by molar-refractivity contribution is 0.354. The molecule has 2 nitrogen and oxygen atoms in total. The van der Waals surface area contributed by atoms with Crippen LogP contribution < -0.4 is 10.6 Å². The molecule has 9 heavy (non-hydrogen) atoms. The van der Waals surface area contributed by atoms with Gasteiger partial charge in [0.25, 0.3) is 0 Å². The molecule has 0 aromatic carbocycles. The molecule has 0 bridgehead atoms. The van der Waals surface area contributed by atoms with Gasteiger partial charge in [-0.1, -0.05) is 6.92 Å². The van der Waals surface area contributed by atoms with Gasteiger partial charge in [-0.05, 0) is 13.3 Å². The van der Waals surface area contributed by atoms with Crippen molar-refractivity contribution >= 4 is 0 Å². The van der Waals surface area contributed by atoms with Crippen LogP contribution in [0.1, 0.15) is 20.3 Å². The normalized spacial score (nSPS) is 36.7. The van der Waals surface area contributed by atoms with Gasteiger partial charge in [-0.25, -0.2) is 0 Å². The zero-order valence-corrected chi connectivity index (χ0v) is 6.28. The average molecular weight is 128 g/mol. The second-order valence-corrected chi connectivity index (χ2v) is 2.82. The molecule has 1 aliphatic rings. The molecule has 2 atom stereocenters. The lowest BCUT2D eigenvalue weighted by atomic mass is 10.1. The topological polar surface area (TPSA) is 24.1 Å². The van der Waals surface area contributed by atoms with Gasteiger partial charge in [-0.15, -0.1) is 0 Å². The van der Waals surface area contributed by atoms with Gasteiger partial charge in [0.05, 0.1) is 0 Å². The molecule has 1 heterocycles. The molecular formula is C7H16N2. The minimum Gasteiger partial charge on any atom is -0.311 e. The van der Waals surface area contributed by atoms with Crippen molar-refractivity contribution in [2.24, 2.45) is 0 Å². The molecule has 0 radical (unpaired) electrons. The monoisotopic (exact) mass is 128 g/mol. The van der Waals surface area contributed by atoms with Crippen LogP contribution in [0.15, 0.2) is 0 Å². The van der Waals surface area contributed by atoms with E-state index in [1.54, 1.807) is 0 Å². The Balaban J connectivity index is 2.18. The second kappa shape index (κ2) is 3.18. The van der Waals surface area contributed by atoms with Crippen LogP contribution >= 0.6 is 0 Å². The maximum Gasteiger partial charge on any atom is 0.0190 e. The molecule has 0 aromatic heterocycles. The first-order valence-corrected chi connectivity index (χ1v) is 3.79. The van der Waals surface area contributed by atoms with Crippen molar-refractivity contribution < 1.29 is 0 Å². The van der Waals surface area contributed by atoms with Crippen LogP contribution in [0.3, 0.4) is 0 Å². The molecule has 0 aliphatic carbocycles. The molecule has 2 heteroatoms. The minimum atomic E-state index is 0.660. The largest absolute Gasteiger partial charge is 0.311 e. The molecule has 0 unspecified atom stereocenters. The van der Waals surface area contributed by atoms with Crippen LogP contribution in [0.5, 0.6) is 0 Å². The summed E-state index contributed by atoms with van der Waals surface area (Å²) < 4.78 is 0. The molecule has 54 valence electrons. The second-order valence-electron chi connectivity index (χ2n) is 2.82. The Kier molecular flexibility index (Phi) is 2.49. The van der Waals surface area contributed by atoms with Crippen LogP contribution in [-0.4, -0.2) is 25.2 Å². The number of nitrogens with one attached hydrogen (secondary N) is 2. The van der Waals surface area contributed by atoms with E-state index in [1.807, 2.05) is 0 Å². The lowest BCUT2D eigenvalue weighted by Crippen LogP contribution is -2.52. The third kappa shape index (κ3) is 1.95. The van der Waals surface area contributed by atoms with Gasteiger partial charge < -0.3 is 10.6 Å². The molecule has 1 saturated heterocycles. The quantitative estimate of drug-likeness (QED) is 0.532. The van der Waals surface area contributed by atoms with E-state index < -0.39 is 0 Å². The third-order valence-corrected chi connectivity index (χ3v) is 1.92. The average Bonchev–Trinajstić information content (AvgIpc) is 1.90. The van der Waals surface area contributed by atoms with Crippen LogP contribution in [-0.2, 0) is 0 Å². The van der Waals surface area contributed by atoms with E-state index in [0.29, 0.717) is 12.1 Å². The highest BCUT2D eigenvalue weighted by molar-refractivity contribution is 4.78. The lowest BCUT2D eigenvalue weighted by Gasteiger charge is -2.28. The van der Waals surface area contributed by atoms with E-state index in [0.717, 1.165) is 13.1 Å². The zero-order chi connectivity index (χ0) is 6.69. The van der Waals surface area contributed by atoms with Crippen LogP contribution in [0.4, 0.5) is 0 Å². The van der Waals surface area contributed by atoms with E-state index in [4.69, 9.17) is 0 Å². The molecule has 1 fully saturated rings. The van der Waals surface area contributed by atoms with Gasteiger partial charge in [0.15, 0.2) is 0 Å². The van der Waals surface area contributed by atoms with E-state index in [2.05, 4.69) is 24.5 Å². The van der Waals surface area contributed by atoms with Gasteiger partial charge in [-0.2, -0.15) is 0 Å². The van der Waals surface area contributed by atoms with Gasteiger partial charge in [0, 0.05) is 25.2 Å². The van der Waals surface area contributed by atoms with E-state index in [-0.39, 0.29) is 0 Å². The van der Waals surface area contributed by atoms with Crippen molar-refractivity contribution in [3.05, 3.63) is 0 Å². The van der Waals surface area contributed by atoms with Crippen molar-refractivity contribution in [1.82, 2.24) is 10.6 Å². The summed E-state index contributed by atoms with van der Waals surface area (Å²) in [7, 11) is 0. The number of hydrogen-bond donors (Lipinski definition) is 2. The number of hydrogen-bond acceptors (Lipinski definition) is 2. The van der Waals surface area contributed by atoms with Crippen LogP contribution in [0, 0.1) is 0 Å².